The van der Waals surface area contributed by atoms with Gasteiger partial charge in [0.25, 0.3) is 5.91 Å². The van der Waals surface area contributed by atoms with Gasteiger partial charge in [-0.15, -0.1) is 0 Å². The van der Waals surface area contributed by atoms with E-state index in [9.17, 15) is 9.59 Å². The van der Waals surface area contributed by atoms with Gasteiger partial charge in [0.2, 0.25) is 5.91 Å². The van der Waals surface area contributed by atoms with E-state index in [1.165, 1.54) is 0 Å². The fourth-order valence-corrected chi connectivity index (χ4v) is 3.34. The minimum atomic E-state index is -0.512. The van der Waals surface area contributed by atoms with Gasteiger partial charge in [-0.3, -0.25) is 9.59 Å². The van der Waals surface area contributed by atoms with Crippen LogP contribution in [0.5, 0.6) is 0 Å². The number of anilines is 1. The van der Waals surface area contributed by atoms with Gasteiger partial charge in [-0.25, -0.2) is 4.98 Å². The van der Waals surface area contributed by atoms with Crippen LogP contribution in [-0.4, -0.2) is 21.8 Å². The van der Waals surface area contributed by atoms with E-state index in [4.69, 9.17) is 5.73 Å². The topological polar surface area (TPSA) is 101 Å². The molecule has 4 aromatic rings. The summed E-state index contributed by atoms with van der Waals surface area (Å²) in [6, 6.07) is 19.9. The second-order valence-electron chi connectivity index (χ2n) is 6.59. The zero-order valence-corrected chi connectivity index (χ0v) is 17.3. The van der Waals surface area contributed by atoms with E-state index in [2.05, 4.69) is 31.2 Å². The van der Waals surface area contributed by atoms with Crippen LogP contribution >= 0.6 is 15.9 Å². The number of nitrogens with one attached hydrogen (secondary N) is 2. The maximum absolute atomic E-state index is 12.4. The van der Waals surface area contributed by atoms with Crippen LogP contribution in [0.1, 0.15) is 21.5 Å². The fourth-order valence-electron chi connectivity index (χ4n) is 3.07. The fraction of sp³-hybridized carbons (Fsp3) is 0. The Balaban J connectivity index is 1.63. The molecule has 0 bridgehead atoms. The molecule has 0 aliphatic rings. The lowest BCUT2D eigenvalue weighted by Gasteiger charge is -2.05. The molecule has 0 radical (unpaired) electrons. The van der Waals surface area contributed by atoms with Gasteiger partial charge in [-0.1, -0.05) is 46.3 Å². The van der Waals surface area contributed by atoms with Crippen LogP contribution in [0, 0.1) is 0 Å². The lowest BCUT2D eigenvalue weighted by Crippen LogP contribution is -2.13. The number of primary amides is 1. The number of hydrogen-bond acceptors (Lipinski definition) is 3. The summed E-state index contributed by atoms with van der Waals surface area (Å²) in [7, 11) is 0. The first-order valence-corrected chi connectivity index (χ1v) is 9.92. The van der Waals surface area contributed by atoms with Crippen LogP contribution in [0.2, 0.25) is 0 Å². The molecule has 2 aromatic heterocycles. The van der Waals surface area contributed by atoms with Crippen LogP contribution in [0.3, 0.4) is 0 Å². The average Bonchev–Trinajstić information content (AvgIpc) is 3.15. The Morgan fingerprint density at radius 2 is 1.70 bits per heavy atom. The number of amides is 2. The van der Waals surface area contributed by atoms with Crippen LogP contribution in [0.4, 0.5) is 5.82 Å². The summed E-state index contributed by atoms with van der Waals surface area (Å²) < 4.78 is 0.899. The van der Waals surface area contributed by atoms with Crippen molar-refractivity contribution in [3.63, 3.8) is 0 Å². The van der Waals surface area contributed by atoms with E-state index >= 15 is 0 Å². The molecule has 0 saturated heterocycles. The Labute approximate surface area is 181 Å². The monoisotopic (exact) mass is 460 g/mol. The van der Waals surface area contributed by atoms with Crippen molar-refractivity contribution in [1.29, 1.82) is 0 Å². The molecule has 7 heteroatoms. The maximum atomic E-state index is 12.4. The molecule has 0 unspecified atom stereocenters. The number of fused-ring (bicyclic) bond motifs is 1. The predicted octanol–water partition coefficient (Wildman–Crippen LogP) is 4.60. The number of halogens is 1. The second kappa shape index (κ2) is 8.34. The maximum Gasteiger partial charge on any atom is 0.256 e. The number of aromatic amines is 1. The molecule has 30 heavy (non-hydrogen) atoms. The van der Waals surface area contributed by atoms with Crippen molar-refractivity contribution in [2.75, 3.05) is 5.32 Å². The van der Waals surface area contributed by atoms with Crippen molar-refractivity contribution in [2.45, 2.75) is 0 Å². The summed E-state index contributed by atoms with van der Waals surface area (Å²) in [4.78, 5) is 31.9. The Morgan fingerprint density at radius 1 is 0.967 bits per heavy atom. The molecule has 0 atom stereocenters. The minimum Gasteiger partial charge on any atom is -0.366 e. The van der Waals surface area contributed by atoms with E-state index in [0.717, 1.165) is 21.0 Å². The Hall–Kier alpha value is -3.71. The van der Waals surface area contributed by atoms with E-state index < -0.39 is 5.91 Å². The quantitative estimate of drug-likeness (QED) is 0.379. The zero-order valence-electron chi connectivity index (χ0n) is 15.7. The van der Waals surface area contributed by atoms with Crippen molar-refractivity contribution in [2.24, 2.45) is 5.73 Å². The number of carbonyl (C=O) groups excluding carboxylic acids is 2. The van der Waals surface area contributed by atoms with Crippen molar-refractivity contribution >= 4 is 56.2 Å². The average molecular weight is 461 g/mol. The third-order valence-electron chi connectivity index (χ3n) is 4.57. The molecular formula is C23H17BrN4O2. The standard InChI is InChI=1S/C23H17BrN4O2/c24-17-8-6-15(7-9-17)23(30)28-20-11-10-18-16(13-26-22(18)27-20)12-19(21(25)29)14-4-2-1-3-5-14/h1-13H,(H2,25,29)(H2,26,27,28,30). The summed E-state index contributed by atoms with van der Waals surface area (Å²) in [6.07, 6.45) is 3.49. The van der Waals surface area contributed by atoms with Crippen molar-refractivity contribution in [3.8, 4) is 0 Å². The molecule has 0 saturated carbocycles. The van der Waals surface area contributed by atoms with Gasteiger partial charge in [0, 0.05) is 32.8 Å². The molecule has 0 spiro atoms. The van der Waals surface area contributed by atoms with Gasteiger partial charge < -0.3 is 16.0 Å². The highest BCUT2D eigenvalue weighted by Gasteiger charge is 2.12. The van der Waals surface area contributed by atoms with Crippen molar-refractivity contribution in [1.82, 2.24) is 9.97 Å². The molecule has 2 aromatic carbocycles. The number of rotatable bonds is 5. The number of carbonyl (C=O) groups is 2. The Kier molecular flexibility index (Phi) is 5.45. The first-order chi connectivity index (χ1) is 14.5. The van der Waals surface area contributed by atoms with Crippen LogP contribution in [0.15, 0.2) is 77.4 Å². The van der Waals surface area contributed by atoms with Crippen molar-refractivity contribution < 1.29 is 9.59 Å². The van der Waals surface area contributed by atoms with E-state index in [0.29, 0.717) is 22.6 Å². The van der Waals surface area contributed by atoms with Gasteiger partial charge in [-0.2, -0.15) is 0 Å². The normalized spacial score (nSPS) is 11.4. The largest absolute Gasteiger partial charge is 0.366 e. The molecule has 148 valence electrons. The minimum absolute atomic E-state index is 0.249. The number of benzene rings is 2. The Bertz CT molecular complexity index is 1260. The predicted molar refractivity (Wildman–Crippen MR) is 122 cm³/mol. The molecule has 6 nitrogen and oxygen atoms in total. The highest BCUT2D eigenvalue weighted by molar-refractivity contribution is 9.10. The number of nitrogens with zero attached hydrogens (tertiary/aromatic N) is 1. The summed E-state index contributed by atoms with van der Waals surface area (Å²) in [5.74, 6) is -0.339. The van der Waals surface area contributed by atoms with Gasteiger partial charge >= 0.3 is 0 Å². The number of H-pyrrole nitrogens is 1. The first kappa shape index (κ1) is 19.6. The highest BCUT2D eigenvalue weighted by atomic mass is 79.9. The summed E-state index contributed by atoms with van der Waals surface area (Å²) in [6.45, 7) is 0. The molecule has 0 aliphatic heterocycles. The number of hydrogen-bond donors (Lipinski definition) is 3. The van der Waals surface area contributed by atoms with E-state index in [1.807, 2.05) is 36.4 Å². The van der Waals surface area contributed by atoms with E-state index in [1.54, 1.807) is 42.6 Å². The number of nitrogens with two attached hydrogens (primary N) is 1. The summed E-state index contributed by atoms with van der Waals surface area (Å²) in [5, 5.41) is 3.60. The van der Waals surface area contributed by atoms with Crippen LogP contribution in [-0.2, 0) is 4.79 Å². The first-order valence-electron chi connectivity index (χ1n) is 9.13. The van der Waals surface area contributed by atoms with Gasteiger partial charge in [0.05, 0.1) is 0 Å². The van der Waals surface area contributed by atoms with Gasteiger partial charge in [0.15, 0.2) is 0 Å². The van der Waals surface area contributed by atoms with E-state index in [-0.39, 0.29) is 5.91 Å². The summed E-state index contributed by atoms with van der Waals surface area (Å²) in [5.41, 5.74) is 8.64. The Morgan fingerprint density at radius 3 is 2.40 bits per heavy atom. The number of pyridine rings is 1. The van der Waals surface area contributed by atoms with Crippen LogP contribution < -0.4 is 11.1 Å². The molecule has 2 amide bonds. The molecule has 4 N–H and O–H groups in total. The lowest BCUT2D eigenvalue weighted by atomic mass is 10.0. The highest BCUT2D eigenvalue weighted by Crippen LogP contribution is 2.24. The molecule has 0 fully saturated rings. The van der Waals surface area contributed by atoms with Crippen LogP contribution in [0.25, 0.3) is 22.7 Å². The smallest absolute Gasteiger partial charge is 0.256 e. The molecule has 0 aliphatic carbocycles. The summed E-state index contributed by atoms with van der Waals surface area (Å²) >= 11 is 3.35. The second-order valence-corrected chi connectivity index (χ2v) is 7.50. The molecule has 2 heterocycles. The zero-order chi connectivity index (χ0) is 21.1. The number of aromatic nitrogens is 2. The van der Waals surface area contributed by atoms with Gasteiger partial charge in [-0.05, 0) is 48.0 Å². The third-order valence-corrected chi connectivity index (χ3v) is 5.10. The molecular weight excluding hydrogens is 444 g/mol. The molecule has 4 rings (SSSR count). The lowest BCUT2D eigenvalue weighted by molar-refractivity contribution is -0.112. The third kappa shape index (κ3) is 4.16. The van der Waals surface area contributed by atoms with Gasteiger partial charge in [0.1, 0.15) is 11.5 Å². The van der Waals surface area contributed by atoms with Crippen molar-refractivity contribution in [3.05, 3.63) is 94.1 Å². The SMILES string of the molecule is NC(=O)C(=Cc1c[nH]c2nc(NC(=O)c3ccc(Br)cc3)ccc12)c1ccccc1.